The predicted molar refractivity (Wildman–Crippen MR) is 118 cm³/mol. The van der Waals surface area contributed by atoms with E-state index in [1.54, 1.807) is 64.8 Å². The molecular formula is C22H22N6O2. The summed E-state index contributed by atoms with van der Waals surface area (Å²) in [5.41, 5.74) is 9.45. The maximum absolute atomic E-state index is 12.8. The molecule has 0 radical (unpaired) electrons. The van der Waals surface area contributed by atoms with E-state index < -0.39 is 0 Å². The molecule has 8 nitrogen and oxygen atoms in total. The Morgan fingerprint density at radius 3 is 2.57 bits per heavy atom. The third-order valence-electron chi connectivity index (χ3n) is 4.97. The molecule has 4 aromatic rings. The van der Waals surface area contributed by atoms with Crippen LogP contribution in [0.25, 0.3) is 16.9 Å². The number of fused-ring (bicyclic) bond motifs is 1. The van der Waals surface area contributed by atoms with Crippen molar-refractivity contribution in [2.45, 2.75) is 6.92 Å². The molecule has 0 aliphatic heterocycles. The molecule has 3 aromatic heterocycles. The van der Waals surface area contributed by atoms with Gasteiger partial charge in [0.1, 0.15) is 5.75 Å². The van der Waals surface area contributed by atoms with Gasteiger partial charge in [0.05, 0.1) is 16.9 Å². The molecule has 0 bridgehead atoms. The summed E-state index contributed by atoms with van der Waals surface area (Å²) in [5, 5.41) is 0. The topological polar surface area (TPSA) is 91.2 Å². The van der Waals surface area contributed by atoms with E-state index in [0.717, 1.165) is 11.1 Å². The van der Waals surface area contributed by atoms with Gasteiger partial charge in [0.2, 0.25) is 0 Å². The molecule has 152 valence electrons. The molecule has 0 saturated carbocycles. The summed E-state index contributed by atoms with van der Waals surface area (Å²) < 4.78 is 9.04. The minimum absolute atomic E-state index is 0.157. The normalized spacial score (nSPS) is 10.9. The van der Waals surface area contributed by atoms with Crippen molar-refractivity contribution in [3.05, 3.63) is 83.4 Å². The van der Waals surface area contributed by atoms with Gasteiger partial charge < -0.3 is 10.5 Å². The molecule has 0 aliphatic carbocycles. The van der Waals surface area contributed by atoms with E-state index in [0.29, 0.717) is 34.5 Å². The molecule has 0 atom stereocenters. The third-order valence-corrected chi connectivity index (χ3v) is 4.97. The van der Waals surface area contributed by atoms with Crippen LogP contribution in [-0.4, -0.2) is 26.1 Å². The third kappa shape index (κ3) is 3.18. The number of anilines is 2. The molecule has 0 spiro atoms. The standard InChI is InChI=1S/C22H22N6O2/c1-14-11-13-25-21-19(14)27(4)22(29)28(21)16-7-9-17(10-8-16)30-15(2)26(3)20-18(23)6-5-12-24-20/h5-13H,2,23H2,1,3-4H3. The van der Waals surface area contributed by atoms with Crippen LogP contribution >= 0.6 is 0 Å². The van der Waals surface area contributed by atoms with Crippen molar-refractivity contribution in [2.75, 3.05) is 17.7 Å². The van der Waals surface area contributed by atoms with Gasteiger partial charge in [-0.3, -0.25) is 9.47 Å². The molecule has 3 heterocycles. The summed E-state index contributed by atoms with van der Waals surface area (Å²) in [7, 11) is 3.52. The van der Waals surface area contributed by atoms with Crippen LogP contribution in [0.1, 0.15) is 5.56 Å². The highest BCUT2D eigenvalue weighted by Gasteiger charge is 2.16. The molecule has 0 unspecified atom stereocenters. The summed E-state index contributed by atoms with van der Waals surface area (Å²) in [4.78, 5) is 23.1. The van der Waals surface area contributed by atoms with Gasteiger partial charge in [-0.15, -0.1) is 0 Å². The summed E-state index contributed by atoms with van der Waals surface area (Å²) >= 11 is 0. The first-order chi connectivity index (χ1) is 14.4. The molecule has 0 saturated heterocycles. The van der Waals surface area contributed by atoms with Crippen LogP contribution in [0.15, 0.2) is 72.1 Å². The molecule has 8 heteroatoms. The Bertz CT molecular complexity index is 1300. The number of hydrogen-bond donors (Lipinski definition) is 1. The Kier molecular flexibility index (Phi) is 4.75. The Labute approximate surface area is 173 Å². The Morgan fingerprint density at radius 1 is 1.13 bits per heavy atom. The fraction of sp³-hybridized carbons (Fsp3) is 0.136. The minimum Gasteiger partial charge on any atom is -0.441 e. The van der Waals surface area contributed by atoms with E-state index in [-0.39, 0.29) is 5.69 Å². The lowest BCUT2D eigenvalue weighted by molar-refractivity contribution is 0.414. The fourth-order valence-electron chi connectivity index (χ4n) is 3.36. The molecule has 1 aromatic carbocycles. The van der Waals surface area contributed by atoms with Crippen molar-refractivity contribution < 1.29 is 4.74 Å². The zero-order valence-electron chi connectivity index (χ0n) is 17.0. The van der Waals surface area contributed by atoms with Crippen molar-refractivity contribution in [2.24, 2.45) is 7.05 Å². The molecule has 4 rings (SSSR count). The largest absolute Gasteiger partial charge is 0.441 e. The highest BCUT2D eigenvalue weighted by atomic mass is 16.5. The zero-order valence-corrected chi connectivity index (χ0v) is 17.0. The smallest absolute Gasteiger partial charge is 0.334 e. The number of nitrogens with zero attached hydrogens (tertiary/aromatic N) is 5. The van der Waals surface area contributed by atoms with Crippen LogP contribution < -0.4 is 21.1 Å². The van der Waals surface area contributed by atoms with Gasteiger partial charge in [-0.25, -0.2) is 19.3 Å². The number of imidazole rings is 1. The molecular weight excluding hydrogens is 380 g/mol. The van der Waals surface area contributed by atoms with Gasteiger partial charge in [-0.1, -0.05) is 0 Å². The maximum atomic E-state index is 12.8. The van der Waals surface area contributed by atoms with E-state index in [2.05, 4.69) is 16.5 Å². The molecule has 0 amide bonds. The van der Waals surface area contributed by atoms with Crippen LogP contribution in [0, 0.1) is 6.92 Å². The van der Waals surface area contributed by atoms with E-state index in [1.165, 1.54) is 0 Å². The second-order valence-electron chi connectivity index (χ2n) is 6.94. The first kappa shape index (κ1) is 19.3. The second kappa shape index (κ2) is 7.40. The quantitative estimate of drug-likeness (QED) is 0.516. The first-order valence-corrected chi connectivity index (χ1v) is 9.33. The van der Waals surface area contributed by atoms with Gasteiger partial charge in [-0.05, 0) is 61.5 Å². The van der Waals surface area contributed by atoms with Crippen molar-refractivity contribution >= 4 is 22.7 Å². The minimum atomic E-state index is -0.157. The fourth-order valence-corrected chi connectivity index (χ4v) is 3.36. The highest BCUT2D eigenvalue weighted by Crippen LogP contribution is 2.24. The van der Waals surface area contributed by atoms with E-state index >= 15 is 0 Å². The number of benzene rings is 1. The summed E-state index contributed by atoms with van der Waals surface area (Å²) in [5.74, 6) is 1.50. The average Bonchev–Trinajstić information content (AvgIpc) is 3.00. The highest BCUT2D eigenvalue weighted by molar-refractivity contribution is 5.77. The van der Waals surface area contributed by atoms with Crippen LogP contribution in [-0.2, 0) is 7.05 Å². The second-order valence-corrected chi connectivity index (χ2v) is 6.94. The van der Waals surface area contributed by atoms with E-state index in [4.69, 9.17) is 10.5 Å². The Morgan fingerprint density at radius 2 is 1.87 bits per heavy atom. The van der Waals surface area contributed by atoms with Gasteiger partial charge in [0.25, 0.3) is 0 Å². The number of ether oxygens (including phenoxy) is 1. The van der Waals surface area contributed by atoms with Crippen molar-refractivity contribution in [1.29, 1.82) is 0 Å². The molecule has 0 fully saturated rings. The van der Waals surface area contributed by atoms with Crippen LogP contribution in [0.2, 0.25) is 0 Å². The maximum Gasteiger partial charge on any atom is 0.334 e. The van der Waals surface area contributed by atoms with E-state index in [1.807, 2.05) is 25.1 Å². The molecule has 2 N–H and O–H groups in total. The van der Waals surface area contributed by atoms with Crippen molar-refractivity contribution in [3.63, 3.8) is 0 Å². The molecule has 30 heavy (non-hydrogen) atoms. The number of nitrogens with two attached hydrogens (primary N) is 1. The summed E-state index contributed by atoms with van der Waals surface area (Å²) in [6.07, 6.45) is 3.36. The van der Waals surface area contributed by atoms with Crippen LogP contribution in [0.3, 0.4) is 0 Å². The summed E-state index contributed by atoms with van der Waals surface area (Å²) in [6.45, 7) is 5.92. The lowest BCUT2D eigenvalue weighted by Gasteiger charge is -2.21. The monoisotopic (exact) mass is 402 g/mol. The van der Waals surface area contributed by atoms with Gasteiger partial charge >= 0.3 is 5.69 Å². The number of hydrogen-bond acceptors (Lipinski definition) is 6. The SMILES string of the molecule is C=C(Oc1ccc(-n2c(=O)n(C)c3c(C)ccnc32)cc1)N(C)c1ncccc1N. The summed E-state index contributed by atoms with van der Waals surface area (Å²) in [6, 6.07) is 12.6. The predicted octanol–water partition coefficient (Wildman–Crippen LogP) is 3.00. The zero-order chi connectivity index (χ0) is 21.4. The number of pyridine rings is 2. The van der Waals surface area contributed by atoms with Crippen LogP contribution in [0.5, 0.6) is 5.75 Å². The van der Waals surface area contributed by atoms with Crippen LogP contribution in [0.4, 0.5) is 11.5 Å². The lowest BCUT2D eigenvalue weighted by Crippen LogP contribution is -2.22. The first-order valence-electron chi connectivity index (χ1n) is 9.33. The molecule has 0 aliphatic rings. The van der Waals surface area contributed by atoms with E-state index in [9.17, 15) is 4.79 Å². The van der Waals surface area contributed by atoms with Crippen molar-refractivity contribution in [3.8, 4) is 11.4 Å². The number of aryl methyl sites for hydroxylation is 2. The van der Waals surface area contributed by atoms with Gasteiger partial charge in [0.15, 0.2) is 17.3 Å². The average molecular weight is 402 g/mol. The Hall–Kier alpha value is -4.07. The lowest BCUT2D eigenvalue weighted by atomic mass is 10.2. The van der Waals surface area contributed by atoms with Gasteiger partial charge in [0, 0.05) is 26.5 Å². The Balaban J connectivity index is 1.62. The number of aromatic nitrogens is 4. The number of nitrogen functional groups attached to an aromatic ring is 1. The number of rotatable bonds is 5. The van der Waals surface area contributed by atoms with Crippen molar-refractivity contribution in [1.82, 2.24) is 19.1 Å². The van der Waals surface area contributed by atoms with Gasteiger partial charge in [-0.2, -0.15) is 0 Å².